The molecule has 2 rings (SSSR count). The number of hydrogen-bond donors (Lipinski definition) is 1. The molecule has 0 aliphatic carbocycles. The zero-order valence-corrected chi connectivity index (χ0v) is 14.6. The van der Waals surface area contributed by atoms with Gasteiger partial charge in [0.15, 0.2) is 0 Å². The third-order valence-electron chi connectivity index (χ3n) is 3.67. The second kappa shape index (κ2) is 8.91. The molecule has 0 saturated heterocycles. The molecule has 0 radical (unpaired) electrons. The minimum atomic E-state index is -0.147. The van der Waals surface area contributed by atoms with Crippen molar-refractivity contribution in [1.29, 1.82) is 0 Å². The van der Waals surface area contributed by atoms with Crippen LogP contribution in [-0.4, -0.2) is 31.1 Å². The third kappa shape index (κ3) is 4.98. The Balaban J connectivity index is 2.03. The Morgan fingerprint density at radius 3 is 2.62 bits per heavy atom. The first kappa shape index (κ1) is 17.8. The van der Waals surface area contributed by atoms with Crippen molar-refractivity contribution in [3.63, 3.8) is 0 Å². The van der Waals surface area contributed by atoms with Gasteiger partial charge in [-0.15, -0.1) is 0 Å². The number of nitrogens with zero attached hydrogens (tertiary/aromatic N) is 2. The van der Waals surface area contributed by atoms with Crippen LogP contribution in [0.1, 0.15) is 37.0 Å². The number of aromatic nitrogens is 1. The fourth-order valence-corrected chi connectivity index (χ4v) is 2.28. The van der Waals surface area contributed by atoms with Gasteiger partial charge in [-0.2, -0.15) is 0 Å². The van der Waals surface area contributed by atoms with Crippen LogP contribution in [0.5, 0.6) is 5.75 Å². The molecular formula is C19H25N3O2. The van der Waals surface area contributed by atoms with Gasteiger partial charge in [-0.1, -0.05) is 13.3 Å². The molecule has 0 atom stereocenters. The van der Waals surface area contributed by atoms with Crippen molar-refractivity contribution in [3.8, 4) is 5.75 Å². The van der Waals surface area contributed by atoms with Crippen LogP contribution in [0.3, 0.4) is 0 Å². The lowest BCUT2D eigenvalue weighted by Crippen LogP contribution is -2.20. The highest BCUT2D eigenvalue weighted by Crippen LogP contribution is 2.17. The molecule has 2 aromatic rings. The molecule has 128 valence electrons. The van der Waals surface area contributed by atoms with Crippen molar-refractivity contribution in [3.05, 3.63) is 48.2 Å². The van der Waals surface area contributed by atoms with E-state index in [9.17, 15) is 4.79 Å². The molecule has 0 fully saturated rings. The third-order valence-corrected chi connectivity index (χ3v) is 3.67. The normalized spacial score (nSPS) is 10.3. The zero-order chi connectivity index (χ0) is 17.4. The monoisotopic (exact) mass is 327 g/mol. The van der Waals surface area contributed by atoms with Gasteiger partial charge in [0, 0.05) is 31.0 Å². The average Bonchev–Trinajstić information content (AvgIpc) is 2.61. The van der Waals surface area contributed by atoms with E-state index in [1.807, 2.05) is 44.3 Å². The topological polar surface area (TPSA) is 54.5 Å². The lowest BCUT2D eigenvalue weighted by Gasteiger charge is -2.18. The van der Waals surface area contributed by atoms with Crippen molar-refractivity contribution in [2.45, 2.75) is 26.7 Å². The van der Waals surface area contributed by atoms with Crippen LogP contribution in [0.15, 0.2) is 42.6 Å². The molecule has 24 heavy (non-hydrogen) atoms. The summed E-state index contributed by atoms with van der Waals surface area (Å²) in [6, 6.07) is 10.9. The van der Waals surface area contributed by atoms with E-state index in [-0.39, 0.29) is 5.91 Å². The predicted octanol–water partition coefficient (Wildman–Crippen LogP) is 3.97. The van der Waals surface area contributed by atoms with Crippen LogP contribution in [0, 0.1) is 0 Å². The molecule has 0 unspecified atom stereocenters. The molecule has 1 amide bonds. The number of hydrogen-bond acceptors (Lipinski definition) is 4. The summed E-state index contributed by atoms with van der Waals surface area (Å²) >= 11 is 0. The summed E-state index contributed by atoms with van der Waals surface area (Å²) in [6.45, 7) is 5.64. The Morgan fingerprint density at radius 2 is 1.96 bits per heavy atom. The fourth-order valence-electron chi connectivity index (χ4n) is 2.28. The number of pyridine rings is 1. The van der Waals surface area contributed by atoms with E-state index in [1.165, 1.54) is 0 Å². The van der Waals surface area contributed by atoms with Crippen LogP contribution >= 0.6 is 0 Å². The second-order valence-electron chi connectivity index (χ2n) is 5.59. The molecule has 0 bridgehead atoms. The number of carbonyl (C=O) groups is 1. The molecule has 0 saturated carbocycles. The maximum Gasteiger partial charge on any atom is 0.255 e. The van der Waals surface area contributed by atoms with Crippen molar-refractivity contribution in [2.75, 3.05) is 30.4 Å². The molecule has 1 aromatic heterocycles. The molecule has 5 nitrogen and oxygen atoms in total. The van der Waals surface area contributed by atoms with Gasteiger partial charge in [0.2, 0.25) is 0 Å². The van der Waals surface area contributed by atoms with E-state index in [0.717, 1.165) is 36.6 Å². The average molecular weight is 327 g/mol. The summed E-state index contributed by atoms with van der Waals surface area (Å²) in [5.74, 6) is 1.45. The first-order valence-electron chi connectivity index (χ1n) is 8.35. The Labute approximate surface area is 143 Å². The molecule has 1 aromatic carbocycles. The van der Waals surface area contributed by atoms with E-state index < -0.39 is 0 Å². The summed E-state index contributed by atoms with van der Waals surface area (Å²) in [4.78, 5) is 18.8. The summed E-state index contributed by atoms with van der Waals surface area (Å²) in [7, 11) is 1.99. The van der Waals surface area contributed by atoms with Gasteiger partial charge in [-0.3, -0.25) is 4.79 Å². The smallest absolute Gasteiger partial charge is 0.255 e. The Morgan fingerprint density at radius 1 is 1.21 bits per heavy atom. The SMILES string of the molecule is CCCCN(C)c1cc(C(=O)Nc2ccc(OCC)cc2)ccn1. The van der Waals surface area contributed by atoms with E-state index >= 15 is 0 Å². The number of benzene rings is 1. The number of amides is 1. The first-order valence-corrected chi connectivity index (χ1v) is 8.35. The summed E-state index contributed by atoms with van der Waals surface area (Å²) in [5.41, 5.74) is 1.33. The van der Waals surface area contributed by atoms with Gasteiger partial charge < -0.3 is 15.0 Å². The highest BCUT2D eigenvalue weighted by molar-refractivity contribution is 6.04. The molecule has 5 heteroatoms. The van der Waals surface area contributed by atoms with Crippen molar-refractivity contribution in [1.82, 2.24) is 4.98 Å². The minimum absolute atomic E-state index is 0.147. The summed E-state index contributed by atoms with van der Waals surface area (Å²) in [6.07, 6.45) is 3.90. The van der Waals surface area contributed by atoms with Crippen LogP contribution < -0.4 is 15.0 Å². The number of nitrogens with one attached hydrogen (secondary N) is 1. The molecule has 0 aliphatic rings. The van der Waals surface area contributed by atoms with Gasteiger partial charge in [-0.05, 0) is 49.7 Å². The number of anilines is 2. The Kier molecular flexibility index (Phi) is 6.61. The second-order valence-corrected chi connectivity index (χ2v) is 5.59. The largest absolute Gasteiger partial charge is 0.494 e. The van der Waals surface area contributed by atoms with Crippen LogP contribution in [-0.2, 0) is 0 Å². The van der Waals surface area contributed by atoms with Crippen LogP contribution in [0.25, 0.3) is 0 Å². The van der Waals surface area contributed by atoms with Crippen molar-refractivity contribution >= 4 is 17.4 Å². The van der Waals surface area contributed by atoms with Crippen molar-refractivity contribution in [2.24, 2.45) is 0 Å². The Hall–Kier alpha value is -2.56. The lowest BCUT2D eigenvalue weighted by atomic mass is 10.2. The molecular weight excluding hydrogens is 302 g/mol. The highest BCUT2D eigenvalue weighted by Gasteiger charge is 2.09. The molecule has 0 aliphatic heterocycles. The van der Waals surface area contributed by atoms with Gasteiger partial charge in [-0.25, -0.2) is 4.98 Å². The van der Waals surface area contributed by atoms with E-state index in [0.29, 0.717) is 12.2 Å². The van der Waals surface area contributed by atoms with Crippen LogP contribution in [0.2, 0.25) is 0 Å². The molecule has 1 heterocycles. The van der Waals surface area contributed by atoms with Crippen molar-refractivity contribution < 1.29 is 9.53 Å². The first-order chi connectivity index (χ1) is 11.6. The van der Waals surface area contributed by atoms with E-state index in [1.54, 1.807) is 12.3 Å². The van der Waals surface area contributed by atoms with Gasteiger partial charge >= 0.3 is 0 Å². The predicted molar refractivity (Wildman–Crippen MR) is 98.0 cm³/mol. The maximum atomic E-state index is 12.4. The van der Waals surface area contributed by atoms with Gasteiger partial charge in [0.25, 0.3) is 5.91 Å². The van der Waals surface area contributed by atoms with Crippen LogP contribution in [0.4, 0.5) is 11.5 Å². The zero-order valence-electron chi connectivity index (χ0n) is 14.6. The van der Waals surface area contributed by atoms with Gasteiger partial charge in [0.05, 0.1) is 6.61 Å². The molecule has 1 N–H and O–H groups in total. The standard InChI is InChI=1S/C19H25N3O2/c1-4-6-13-22(3)18-14-15(11-12-20-18)19(23)21-16-7-9-17(10-8-16)24-5-2/h7-12,14H,4-6,13H2,1-3H3,(H,21,23). The minimum Gasteiger partial charge on any atom is -0.494 e. The highest BCUT2D eigenvalue weighted by atomic mass is 16.5. The number of rotatable bonds is 8. The number of carbonyl (C=O) groups excluding carboxylic acids is 1. The fraction of sp³-hybridized carbons (Fsp3) is 0.368. The quantitative estimate of drug-likeness (QED) is 0.797. The summed E-state index contributed by atoms with van der Waals surface area (Å²) in [5, 5.41) is 2.90. The Bertz CT molecular complexity index is 656. The molecule has 0 spiro atoms. The lowest BCUT2D eigenvalue weighted by molar-refractivity contribution is 0.102. The van der Waals surface area contributed by atoms with E-state index in [2.05, 4.69) is 22.1 Å². The number of unbranched alkanes of at least 4 members (excludes halogenated alkanes) is 1. The van der Waals surface area contributed by atoms with Gasteiger partial charge in [0.1, 0.15) is 11.6 Å². The number of ether oxygens (including phenoxy) is 1. The maximum absolute atomic E-state index is 12.4. The van der Waals surface area contributed by atoms with E-state index in [4.69, 9.17) is 4.74 Å². The summed E-state index contributed by atoms with van der Waals surface area (Å²) < 4.78 is 5.40.